The van der Waals surface area contributed by atoms with Gasteiger partial charge in [-0.05, 0) is 31.5 Å². The van der Waals surface area contributed by atoms with Gasteiger partial charge in [-0.3, -0.25) is 0 Å². The van der Waals surface area contributed by atoms with Crippen LogP contribution in [-0.2, 0) is 4.74 Å². The fraction of sp³-hybridized carbons (Fsp3) is 0.400. The number of allylic oxidation sites excluding steroid dienone is 3. The van der Waals surface area contributed by atoms with Gasteiger partial charge < -0.3 is 15.6 Å². The summed E-state index contributed by atoms with van der Waals surface area (Å²) in [5, 5.41) is 9.43. The highest BCUT2D eigenvalue weighted by molar-refractivity contribution is 5.31. The Hall–Kier alpha value is -1.22. The molecular formula is C10H15NO2. The van der Waals surface area contributed by atoms with E-state index >= 15 is 0 Å². The van der Waals surface area contributed by atoms with Crippen molar-refractivity contribution >= 4 is 0 Å². The summed E-state index contributed by atoms with van der Waals surface area (Å²) in [5.41, 5.74) is 6.63. The number of rotatable bonds is 3. The van der Waals surface area contributed by atoms with Crippen LogP contribution >= 0.6 is 0 Å². The van der Waals surface area contributed by atoms with E-state index in [0.717, 1.165) is 12.8 Å². The van der Waals surface area contributed by atoms with Crippen LogP contribution in [0.25, 0.3) is 0 Å². The van der Waals surface area contributed by atoms with Crippen LogP contribution in [0.2, 0.25) is 0 Å². The van der Waals surface area contributed by atoms with Gasteiger partial charge in [0.15, 0.2) is 11.5 Å². The molecule has 0 aromatic heterocycles. The molecule has 0 spiro atoms. The summed E-state index contributed by atoms with van der Waals surface area (Å²) in [4.78, 5) is 0. The molecule has 72 valence electrons. The van der Waals surface area contributed by atoms with E-state index in [9.17, 15) is 5.11 Å². The van der Waals surface area contributed by atoms with E-state index in [1.165, 1.54) is 5.57 Å². The average molecular weight is 181 g/mol. The highest BCUT2D eigenvalue weighted by atomic mass is 16.5. The molecule has 0 amide bonds. The van der Waals surface area contributed by atoms with Gasteiger partial charge in [0.1, 0.15) is 0 Å². The molecule has 1 aliphatic carbocycles. The largest absolute Gasteiger partial charge is 0.504 e. The number of methoxy groups -OCH3 is 1. The van der Waals surface area contributed by atoms with Crippen LogP contribution in [0.15, 0.2) is 35.3 Å². The fourth-order valence-corrected chi connectivity index (χ4v) is 1.25. The molecule has 0 aliphatic heterocycles. The van der Waals surface area contributed by atoms with Crippen molar-refractivity contribution in [3.05, 3.63) is 35.3 Å². The lowest BCUT2D eigenvalue weighted by atomic mass is 10.1. The molecule has 0 saturated heterocycles. The molecule has 0 radical (unpaired) electrons. The number of nitrogens with two attached hydrogens (primary N) is 1. The van der Waals surface area contributed by atoms with Gasteiger partial charge in [-0.2, -0.15) is 0 Å². The van der Waals surface area contributed by atoms with Crippen LogP contribution in [0, 0.1) is 0 Å². The summed E-state index contributed by atoms with van der Waals surface area (Å²) < 4.78 is 5.02. The highest BCUT2D eigenvalue weighted by Crippen LogP contribution is 2.18. The average Bonchev–Trinajstić information content (AvgIpc) is 2.29. The van der Waals surface area contributed by atoms with Crippen LogP contribution < -0.4 is 5.73 Å². The lowest BCUT2D eigenvalue weighted by molar-refractivity contribution is 0.274. The molecule has 0 saturated carbocycles. The highest BCUT2D eigenvalue weighted by Gasteiger charge is 2.05. The second kappa shape index (κ2) is 4.72. The van der Waals surface area contributed by atoms with Gasteiger partial charge in [-0.25, -0.2) is 0 Å². The third-order valence-electron chi connectivity index (χ3n) is 1.93. The standard InChI is InChI=1S/C10H15NO2/c1-13-10-7-8(5-6-11)3-2-4-9(10)12/h2,4,7,12H,3,5-6,11H2,1H3. The molecule has 3 N–H and O–H groups in total. The van der Waals surface area contributed by atoms with E-state index in [1.807, 2.05) is 12.2 Å². The summed E-state index contributed by atoms with van der Waals surface area (Å²) >= 11 is 0. The third-order valence-corrected chi connectivity index (χ3v) is 1.93. The second-order valence-corrected chi connectivity index (χ2v) is 2.90. The zero-order valence-electron chi connectivity index (χ0n) is 7.79. The van der Waals surface area contributed by atoms with Gasteiger partial charge in [0.05, 0.1) is 7.11 Å². The van der Waals surface area contributed by atoms with Gasteiger partial charge in [-0.1, -0.05) is 11.6 Å². The molecule has 0 bridgehead atoms. The van der Waals surface area contributed by atoms with E-state index in [0.29, 0.717) is 12.3 Å². The zero-order chi connectivity index (χ0) is 9.68. The molecule has 13 heavy (non-hydrogen) atoms. The van der Waals surface area contributed by atoms with Crippen molar-refractivity contribution in [3.8, 4) is 0 Å². The minimum Gasteiger partial charge on any atom is -0.504 e. The smallest absolute Gasteiger partial charge is 0.160 e. The summed E-state index contributed by atoms with van der Waals surface area (Å²) in [5.74, 6) is 0.687. The van der Waals surface area contributed by atoms with Gasteiger partial charge in [0.2, 0.25) is 0 Å². The molecule has 3 heteroatoms. The van der Waals surface area contributed by atoms with E-state index in [2.05, 4.69) is 0 Å². The predicted molar refractivity (Wildman–Crippen MR) is 52.2 cm³/mol. The van der Waals surface area contributed by atoms with Crippen LogP contribution in [0.1, 0.15) is 12.8 Å². The molecule has 0 heterocycles. The fourth-order valence-electron chi connectivity index (χ4n) is 1.25. The first-order valence-electron chi connectivity index (χ1n) is 4.31. The van der Waals surface area contributed by atoms with Gasteiger partial charge in [0.25, 0.3) is 0 Å². The SMILES string of the molecule is COC1=C(O)C=CCC(CCN)=C1. The number of aliphatic hydroxyl groups excluding tert-OH is 1. The molecule has 0 aromatic rings. The number of hydrogen-bond donors (Lipinski definition) is 2. The number of hydrogen-bond acceptors (Lipinski definition) is 3. The van der Waals surface area contributed by atoms with E-state index in [-0.39, 0.29) is 5.76 Å². The van der Waals surface area contributed by atoms with Crippen molar-refractivity contribution in [2.45, 2.75) is 12.8 Å². The lowest BCUT2D eigenvalue weighted by Crippen LogP contribution is -2.00. The molecule has 3 nitrogen and oxygen atoms in total. The van der Waals surface area contributed by atoms with Crippen molar-refractivity contribution in [2.75, 3.05) is 13.7 Å². The normalized spacial score (nSPS) is 16.9. The maximum Gasteiger partial charge on any atom is 0.160 e. The van der Waals surface area contributed by atoms with Crippen LogP contribution in [0.5, 0.6) is 0 Å². The first kappa shape index (κ1) is 9.86. The quantitative estimate of drug-likeness (QED) is 0.695. The number of ether oxygens (including phenoxy) is 1. The van der Waals surface area contributed by atoms with E-state index in [4.69, 9.17) is 10.5 Å². The van der Waals surface area contributed by atoms with Crippen molar-refractivity contribution < 1.29 is 9.84 Å². The molecular weight excluding hydrogens is 166 g/mol. The van der Waals surface area contributed by atoms with Crippen LogP contribution in [0.3, 0.4) is 0 Å². The van der Waals surface area contributed by atoms with Crippen molar-refractivity contribution in [1.82, 2.24) is 0 Å². The number of aliphatic hydroxyl groups is 1. The Balaban J connectivity index is 2.85. The van der Waals surface area contributed by atoms with Gasteiger partial charge in [-0.15, -0.1) is 0 Å². The van der Waals surface area contributed by atoms with Gasteiger partial charge >= 0.3 is 0 Å². The summed E-state index contributed by atoms with van der Waals surface area (Å²) in [6, 6.07) is 0. The van der Waals surface area contributed by atoms with Crippen molar-refractivity contribution in [1.29, 1.82) is 0 Å². The summed E-state index contributed by atoms with van der Waals surface area (Å²) in [6.07, 6.45) is 7.07. The molecule has 0 aromatic carbocycles. The minimum atomic E-state index is 0.175. The first-order chi connectivity index (χ1) is 6.27. The van der Waals surface area contributed by atoms with Crippen molar-refractivity contribution in [3.63, 3.8) is 0 Å². The molecule has 1 aliphatic rings. The predicted octanol–water partition coefficient (Wildman–Crippen LogP) is 1.64. The summed E-state index contributed by atoms with van der Waals surface area (Å²) in [6.45, 7) is 0.622. The maximum atomic E-state index is 9.43. The minimum absolute atomic E-state index is 0.175. The molecule has 1 rings (SSSR count). The van der Waals surface area contributed by atoms with E-state index < -0.39 is 0 Å². The Bertz CT molecular complexity index is 264. The monoisotopic (exact) mass is 181 g/mol. The van der Waals surface area contributed by atoms with Crippen molar-refractivity contribution in [2.24, 2.45) is 5.73 Å². The Morgan fingerprint density at radius 3 is 3.00 bits per heavy atom. The first-order valence-corrected chi connectivity index (χ1v) is 4.31. The molecule has 0 atom stereocenters. The Morgan fingerprint density at radius 2 is 2.38 bits per heavy atom. The Kier molecular flexibility index (Phi) is 3.58. The maximum absolute atomic E-state index is 9.43. The Labute approximate surface area is 78.2 Å². The van der Waals surface area contributed by atoms with Gasteiger partial charge in [0, 0.05) is 0 Å². The lowest BCUT2D eigenvalue weighted by Gasteiger charge is -2.03. The van der Waals surface area contributed by atoms with E-state index in [1.54, 1.807) is 13.2 Å². The molecule has 0 unspecified atom stereocenters. The zero-order valence-corrected chi connectivity index (χ0v) is 7.79. The second-order valence-electron chi connectivity index (χ2n) is 2.90. The van der Waals surface area contributed by atoms with Crippen LogP contribution in [-0.4, -0.2) is 18.8 Å². The Morgan fingerprint density at radius 1 is 1.62 bits per heavy atom. The molecule has 0 fully saturated rings. The summed E-state index contributed by atoms with van der Waals surface area (Å²) in [7, 11) is 1.54. The third kappa shape index (κ3) is 2.63. The topological polar surface area (TPSA) is 55.5 Å². The van der Waals surface area contributed by atoms with Crippen LogP contribution in [0.4, 0.5) is 0 Å².